The largest absolute Gasteiger partial charge is 0.471 e. The highest BCUT2D eigenvalue weighted by Gasteiger charge is 2.39. The van der Waals surface area contributed by atoms with E-state index in [1.165, 1.54) is 25.3 Å². The maximum Gasteiger partial charge on any atom is 0.471 e. The summed E-state index contributed by atoms with van der Waals surface area (Å²) in [7, 11) is 0. The SMILES string of the molecule is CC(Cc1ccn2ccc(F)cc12)NC(=O)C(F)(F)F. The molecule has 0 spiro atoms. The Bertz CT molecular complexity index is 633. The van der Waals surface area contributed by atoms with Crippen LogP contribution in [0.2, 0.25) is 0 Å². The Balaban J connectivity index is 2.12. The molecular weight excluding hydrogens is 276 g/mol. The summed E-state index contributed by atoms with van der Waals surface area (Å²) < 4.78 is 51.2. The van der Waals surface area contributed by atoms with E-state index in [1.807, 2.05) is 5.32 Å². The average molecular weight is 288 g/mol. The summed E-state index contributed by atoms with van der Waals surface area (Å²) in [6.45, 7) is 1.46. The summed E-state index contributed by atoms with van der Waals surface area (Å²) in [6, 6.07) is 3.56. The van der Waals surface area contributed by atoms with Gasteiger partial charge in [0.15, 0.2) is 0 Å². The van der Waals surface area contributed by atoms with E-state index >= 15 is 0 Å². The van der Waals surface area contributed by atoms with Gasteiger partial charge in [-0.15, -0.1) is 0 Å². The molecule has 7 heteroatoms. The highest BCUT2D eigenvalue weighted by atomic mass is 19.4. The number of carbonyl (C=O) groups excluding carboxylic acids is 1. The fraction of sp³-hybridized carbons (Fsp3) is 0.308. The fourth-order valence-corrected chi connectivity index (χ4v) is 1.99. The number of carbonyl (C=O) groups is 1. The number of nitrogens with one attached hydrogen (secondary N) is 1. The Morgan fingerprint density at radius 3 is 2.65 bits per heavy atom. The lowest BCUT2D eigenvalue weighted by Crippen LogP contribution is -2.42. The molecule has 0 aliphatic rings. The van der Waals surface area contributed by atoms with Gasteiger partial charge in [0.2, 0.25) is 0 Å². The average Bonchev–Trinajstić information content (AvgIpc) is 2.70. The maximum absolute atomic E-state index is 13.2. The van der Waals surface area contributed by atoms with E-state index in [-0.39, 0.29) is 6.42 Å². The molecule has 2 heterocycles. The van der Waals surface area contributed by atoms with Crippen molar-refractivity contribution in [2.75, 3.05) is 0 Å². The van der Waals surface area contributed by atoms with Crippen molar-refractivity contribution in [1.29, 1.82) is 0 Å². The van der Waals surface area contributed by atoms with Crippen LogP contribution in [0.25, 0.3) is 5.52 Å². The Morgan fingerprint density at radius 2 is 2.00 bits per heavy atom. The molecule has 0 fully saturated rings. The number of aromatic nitrogens is 1. The molecule has 1 unspecified atom stereocenters. The monoisotopic (exact) mass is 288 g/mol. The molecule has 1 N–H and O–H groups in total. The smallest absolute Gasteiger partial charge is 0.345 e. The predicted octanol–water partition coefficient (Wildman–Crippen LogP) is 2.69. The van der Waals surface area contributed by atoms with Crippen molar-refractivity contribution >= 4 is 11.4 Å². The summed E-state index contributed by atoms with van der Waals surface area (Å²) in [6.07, 6.45) is -1.51. The van der Waals surface area contributed by atoms with Gasteiger partial charge in [-0.25, -0.2) is 4.39 Å². The van der Waals surface area contributed by atoms with Gasteiger partial charge < -0.3 is 9.72 Å². The Morgan fingerprint density at radius 1 is 1.35 bits per heavy atom. The van der Waals surface area contributed by atoms with Crippen molar-refractivity contribution in [3.05, 3.63) is 42.0 Å². The van der Waals surface area contributed by atoms with Gasteiger partial charge in [0, 0.05) is 18.4 Å². The van der Waals surface area contributed by atoms with E-state index in [1.54, 1.807) is 16.7 Å². The van der Waals surface area contributed by atoms with Gasteiger partial charge in [-0.1, -0.05) is 0 Å². The van der Waals surface area contributed by atoms with Gasteiger partial charge in [-0.05, 0) is 37.1 Å². The first-order valence-corrected chi connectivity index (χ1v) is 5.90. The lowest BCUT2D eigenvalue weighted by atomic mass is 10.1. The van der Waals surface area contributed by atoms with Crippen LogP contribution in [0.15, 0.2) is 30.6 Å². The lowest BCUT2D eigenvalue weighted by molar-refractivity contribution is -0.174. The minimum Gasteiger partial charge on any atom is -0.345 e. The molecule has 0 saturated carbocycles. The van der Waals surface area contributed by atoms with Gasteiger partial charge in [0.25, 0.3) is 0 Å². The van der Waals surface area contributed by atoms with E-state index in [4.69, 9.17) is 0 Å². The maximum atomic E-state index is 13.2. The second kappa shape index (κ2) is 5.15. The van der Waals surface area contributed by atoms with Crippen molar-refractivity contribution in [2.45, 2.75) is 25.6 Å². The first-order chi connectivity index (χ1) is 9.27. The van der Waals surface area contributed by atoms with E-state index in [9.17, 15) is 22.4 Å². The van der Waals surface area contributed by atoms with Gasteiger partial charge in [-0.3, -0.25) is 4.79 Å². The number of amides is 1. The number of rotatable bonds is 3. The van der Waals surface area contributed by atoms with Gasteiger partial charge in [-0.2, -0.15) is 13.2 Å². The van der Waals surface area contributed by atoms with E-state index < -0.39 is 23.9 Å². The van der Waals surface area contributed by atoms with Crippen molar-refractivity contribution in [2.24, 2.45) is 0 Å². The highest BCUT2D eigenvalue weighted by Crippen LogP contribution is 2.18. The quantitative estimate of drug-likeness (QED) is 0.866. The minimum atomic E-state index is -4.90. The van der Waals surface area contributed by atoms with Crippen LogP contribution in [0.3, 0.4) is 0 Å². The molecule has 2 rings (SSSR count). The molecule has 3 nitrogen and oxygen atoms in total. The van der Waals surface area contributed by atoms with Crippen molar-refractivity contribution < 1.29 is 22.4 Å². The molecule has 0 radical (unpaired) electrons. The first kappa shape index (κ1) is 14.4. The summed E-state index contributed by atoms with van der Waals surface area (Å²) in [4.78, 5) is 10.8. The van der Waals surface area contributed by atoms with Gasteiger partial charge in [0.1, 0.15) is 5.82 Å². The summed E-state index contributed by atoms with van der Waals surface area (Å²) >= 11 is 0. The minimum absolute atomic E-state index is 0.182. The number of hydrogen-bond donors (Lipinski definition) is 1. The molecule has 2 aromatic heterocycles. The summed E-state index contributed by atoms with van der Waals surface area (Å²) in [5.74, 6) is -2.40. The first-order valence-electron chi connectivity index (χ1n) is 5.90. The Kier molecular flexibility index (Phi) is 3.69. The zero-order chi connectivity index (χ0) is 14.9. The highest BCUT2D eigenvalue weighted by molar-refractivity contribution is 5.81. The number of hydrogen-bond acceptors (Lipinski definition) is 1. The van der Waals surface area contributed by atoms with Crippen LogP contribution in [0.5, 0.6) is 0 Å². The molecular formula is C13H12F4N2O. The molecule has 0 bridgehead atoms. The number of fused-ring (bicyclic) bond motifs is 1. The Hall–Kier alpha value is -2.05. The van der Waals surface area contributed by atoms with Crippen LogP contribution in [-0.4, -0.2) is 22.5 Å². The summed E-state index contributed by atoms with van der Waals surface area (Å²) in [5.41, 5.74) is 1.23. The molecule has 20 heavy (non-hydrogen) atoms. The molecule has 2 aromatic rings. The second-order valence-electron chi connectivity index (χ2n) is 4.55. The lowest BCUT2D eigenvalue weighted by Gasteiger charge is -2.14. The summed E-state index contributed by atoms with van der Waals surface area (Å²) in [5, 5.41) is 1.87. The van der Waals surface area contributed by atoms with E-state index in [0.29, 0.717) is 11.1 Å². The molecule has 0 aliphatic heterocycles. The molecule has 1 atom stereocenters. The third-order valence-corrected chi connectivity index (χ3v) is 2.87. The number of pyridine rings is 1. The van der Waals surface area contributed by atoms with Gasteiger partial charge in [0.05, 0.1) is 5.52 Å². The molecule has 0 aliphatic carbocycles. The van der Waals surface area contributed by atoms with E-state index in [0.717, 1.165) is 0 Å². The fourth-order valence-electron chi connectivity index (χ4n) is 1.99. The zero-order valence-corrected chi connectivity index (χ0v) is 10.5. The Labute approximate surface area is 112 Å². The molecule has 0 saturated heterocycles. The van der Waals surface area contributed by atoms with E-state index in [2.05, 4.69) is 0 Å². The molecule has 1 amide bonds. The van der Waals surface area contributed by atoms with Crippen LogP contribution >= 0.6 is 0 Å². The third-order valence-electron chi connectivity index (χ3n) is 2.87. The normalized spacial score (nSPS) is 13.4. The molecule has 108 valence electrons. The van der Waals surface area contributed by atoms with Crippen molar-refractivity contribution in [3.63, 3.8) is 0 Å². The second-order valence-corrected chi connectivity index (χ2v) is 4.55. The van der Waals surface area contributed by atoms with Crippen LogP contribution in [0.4, 0.5) is 17.6 Å². The molecule has 0 aromatic carbocycles. The number of alkyl halides is 3. The van der Waals surface area contributed by atoms with Crippen LogP contribution in [0, 0.1) is 5.82 Å². The number of halogens is 4. The van der Waals surface area contributed by atoms with Crippen molar-refractivity contribution in [3.8, 4) is 0 Å². The van der Waals surface area contributed by atoms with Crippen LogP contribution < -0.4 is 5.32 Å². The zero-order valence-electron chi connectivity index (χ0n) is 10.5. The third kappa shape index (κ3) is 3.09. The van der Waals surface area contributed by atoms with Gasteiger partial charge >= 0.3 is 12.1 Å². The topological polar surface area (TPSA) is 33.5 Å². The standard InChI is InChI=1S/C13H12F4N2O/c1-8(18-12(20)13(15,16)17)6-9-2-4-19-5-3-10(14)7-11(9)19/h2-5,7-8H,6H2,1H3,(H,18,20). The van der Waals surface area contributed by atoms with Crippen LogP contribution in [-0.2, 0) is 11.2 Å². The predicted molar refractivity (Wildman–Crippen MR) is 64.7 cm³/mol. The van der Waals surface area contributed by atoms with Crippen LogP contribution in [0.1, 0.15) is 12.5 Å². The van der Waals surface area contributed by atoms with Crippen molar-refractivity contribution in [1.82, 2.24) is 9.72 Å². The number of nitrogens with zero attached hydrogens (tertiary/aromatic N) is 1.